The number of phenols is 1. The van der Waals surface area contributed by atoms with Crippen molar-refractivity contribution in [2.24, 2.45) is 20.5 Å². The van der Waals surface area contributed by atoms with Crippen molar-refractivity contribution in [2.45, 2.75) is 24.5 Å². The van der Waals surface area contributed by atoms with E-state index >= 15 is 0 Å². The van der Waals surface area contributed by atoms with Crippen LogP contribution in [-0.4, -0.2) is 111 Å². The maximum absolute atomic E-state index is 12.7. The second-order valence-corrected chi connectivity index (χ2v) is 23.6. The summed E-state index contributed by atoms with van der Waals surface area (Å²) in [4.78, 5) is -4.75. The molecule has 0 radical (unpaired) electrons. The number of nitrogen functional groups attached to an aromatic ring is 1. The summed E-state index contributed by atoms with van der Waals surface area (Å²) in [6.07, 6.45) is 0. The first-order valence-corrected chi connectivity index (χ1v) is 26.9. The van der Waals surface area contributed by atoms with E-state index in [4.69, 9.17) is 14.8 Å². The van der Waals surface area contributed by atoms with Gasteiger partial charge in [-0.1, -0.05) is 12.1 Å². The molecule has 0 spiro atoms. The monoisotopic (exact) mass is 1020 g/mol. The number of nitrogens with two attached hydrogens (primary N) is 1. The lowest BCUT2D eigenvalue weighted by atomic mass is 10.1. The Bertz CT molecular complexity index is 3620. The highest BCUT2D eigenvalue weighted by atomic mass is 32.3. The highest BCUT2D eigenvalue weighted by molar-refractivity contribution is 7.93. The number of anilines is 1. The second kappa shape index (κ2) is 17.1. The molecule has 26 nitrogen and oxygen atoms in total. The zero-order chi connectivity index (χ0) is 47.3. The summed E-state index contributed by atoms with van der Waals surface area (Å²) in [5.74, 6) is -4.52. The molecule has 0 heterocycles. The van der Waals surface area contributed by atoms with Gasteiger partial charge in [0.1, 0.15) is 37.4 Å². The highest BCUT2D eigenvalue weighted by Crippen LogP contribution is 2.46. The van der Waals surface area contributed by atoms with Crippen LogP contribution in [-0.2, 0) is 74.7 Å². The third-order valence-electron chi connectivity index (χ3n) is 8.33. The van der Waals surface area contributed by atoms with Gasteiger partial charge in [-0.05, 0) is 60.0 Å². The zero-order valence-electron chi connectivity index (χ0n) is 30.7. The van der Waals surface area contributed by atoms with E-state index in [1.165, 1.54) is 0 Å². The van der Waals surface area contributed by atoms with Crippen molar-refractivity contribution in [3.63, 3.8) is 0 Å². The number of phenolic OH excluding ortho intramolecular Hbond substituents is 1. The first-order valence-electron chi connectivity index (χ1n) is 16.3. The molecule has 33 heteroatoms. The summed E-state index contributed by atoms with van der Waals surface area (Å²) in [5.41, 5.74) is 2.58. The fourth-order valence-electron chi connectivity index (χ4n) is 5.52. The Morgan fingerprint density at radius 1 is 0.508 bits per heavy atom. The lowest BCUT2D eigenvalue weighted by Gasteiger charge is -2.12. The molecule has 5 aromatic rings. The number of nitrogens with zero attached hydrogens (tertiary/aromatic N) is 4. The molecule has 0 aliphatic heterocycles. The van der Waals surface area contributed by atoms with E-state index in [0.29, 0.717) is 12.1 Å². The Hall–Kier alpha value is -5.17. The predicted octanol–water partition coefficient (Wildman–Crippen LogP) is 3.11. The fourth-order valence-corrected chi connectivity index (χ4v) is 11.8. The molecule has 0 saturated carbocycles. The number of benzene rings is 5. The van der Waals surface area contributed by atoms with Crippen LogP contribution in [0.4, 0.5) is 28.4 Å². The first kappa shape index (κ1) is 48.9. The molecule has 340 valence electrons. The highest BCUT2D eigenvalue weighted by Gasteiger charge is 2.28. The molecule has 5 rings (SSSR count). The van der Waals surface area contributed by atoms with E-state index in [9.17, 15) is 77.7 Å². The Morgan fingerprint density at radius 3 is 1.63 bits per heavy atom. The number of aromatic hydroxyl groups is 1. The van der Waals surface area contributed by atoms with Gasteiger partial charge in [0.2, 0.25) is 0 Å². The topological polar surface area (TPSA) is 445 Å². The van der Waals surface area contributed by atoms with Gasteiger partial charge in [-0.25, -0.2) is 21.0 Å². The predicted molar refractivity (Wildman–Crippen MR) is 216 cm³/mol. The van der Waals surface area contributed by atoms with Gasteiger partial charge in [-0.15, -0.1) is 20.5 Å². The molecule has 0 bridgehead atoms. The van der Waals surface area contributed by atoms with Crippen LogP contribution in [0.3, 0.4) is 0 Å². The molecular weight excluding hydrogens is 991 g/mol. The van der Waals surface area contributed by atoms with Crippen molar-refractivity contribution < 1.29 is 91.0 Å². The van der Waals surface area contributed by atoms with Gasteiger partial charge in [0, 0.05) is 16.2 Å². The van der Waals surface area contributed by atoms with Crippen LogP contribution in [0.5, 0.6) is 5.75 Å². The van der Waals surface area contributed by atoms with Gasteiger partial charge in [0.25, 0.3) is 40.5 Å². The van der Waals surface area contributed by atoms with Gasteiger partial charge in [0.15, 0.2) is 25.4 Å². The normalized spacial score (nSPS) is 13.7. The number of rotatable bonds is 16. The zero-order valence-corrected chi connectivity index (χ0v) is 36.4. The van der Waals surface area contributed by atoms with Gasteiger partial charge in [0.05, 0.1) is 39.3 Å². The van der Waals surface area contributed by atoms with Gasteiger partial charge >= 0.3 is 10.4 Å². The third-order valence-corrected chi connectivity index (χ3v) is 15.9. The minimum atomic E-state index is -5.44. The summed E-state index contributed by atoms with van der Waals surface area (Å²) in [6, 6.07) is 9.29. The number of hydrogen-bond acceptors (Lipinski definition) is 21. The molecule has 0 fully saturated rings. The summed E-state index contributed by atoms with van der Waals surface area (Å²) in [7, 11) is -34.7. The van der Waals surface area contributed by atoms with Crippen LogP contribution in [0.25, 0.3) is 21.5 Å². The fraction of sp³-hybridized carbons (Fsp3) is 0.133. The molecular formula is C30H27N5O21S7. The Balaban J connectivity index is 1.63. The van der Waals surface area contributed by atoms with Crippen LogP contribution >= 0.6 is 0 Å². The van der Waals surface area contributed by atoms with Crippen LogP contribution in [0, 0.1) is 0 Å². The third kappa shape index (κ3) is 11.5. The number of fused-ring (bicyclic) bond motifs is 2. The molecule has 5 aromatic carbocycles. The van der Waals surface area contributed by atoms with Crippen LogP contribution in [0.15, 0.2) is 112 Å². The van der Waals surface area contributed by atoms with E-state index in [-0.39, 0.29) is 21.8 Å². The molecule has 0 amide bonds. The van der Waals surface area contributed by atoms with Crippen molar-refractivity contribution >= 4 is 121 Å². The van der Waals surface area contributed by atoms with Crippen LogP contribution in [0.1, 0.15) is 0 Å². The largest absolute Gasteiger partial charge is 0.505 e. The van der Waals surface area contributed by atoms with E-state index in [1.807, 2.05) is 0 Å². The second-order valence-electron chi connectivity index (χ2n) is 12.6. The molecule has 0 aliphatic rings. The Morgan fingerprint density at radius 2 is 1.05 bits per heavy atom. The van der Waals surface area contributed by atoms with E-state index in [1.54, 1.807) is 0 Å². The smallest absolute Gasteiger partial charge is 0.397 e. The number of sulfone groups is 2. The van der Waals surface area contributed by atoms with Crippen LogP contribution in [0.2, 0.25) is 0 Å². The molecule has 8 N–H and O–H groups in total. The minimum absolute atomic E-state index is 0.162. The lowest BCUT2D eigenvalue weighted by molar-refractivity contribution is 0.284. The van der Waals surface area contributed by atoms with Gasteiger partial charge in [-0.2, -0.15) is 42.1 Å². The average Bonchev–Trinajstić information content (AvgIpc) is 3.13. The first-order chi connectivity index (χ1) is 28.7. The van der Waals surface area contributed by atoms with Crippen LogP contribution < -0.4 is 5.73 Å². The van der Waals surface area contributed by atoms with Gasteiger partial charge < -0.3 is 10.8 Å². The van der Waals surface area contributed by atoms with Crippen molar-refractivity contribution in [3.8, 4) is 5.75 Å². The van der Waals surface area contributed by atoms with E-state index in [2.05, 4.69) is 24.6 Å². The Labute approximate surface area is 356 Å². The standard InChI is InChI=1S/C30H27N5O21S7/c31-22-6-5-20-21(27(22)34-32-23-8-3-18(14-25(23)60(44,45)46)58(39,40)11-12-59(41,42)43)15-26(61(47,48)49)28(29(20)36)35-33-24-7-1-16-13-17(2-4-19(16)30(24)62(50,51)52)57(37,38)10-9-56-63(53,54)55/h1-8,13-15,36H,9-12,31H2,(H,41,42,43)(H,44,45,46)(H,47,48,49)(H,50,51,52)(H,53,54,55). The minimum Gasteiger partial charge on any atom is -0.505 e. The van der Waals surface area contributed by atoms with Crippen molar-refractivity contribution in [1.82, 2.24) is 0 Å². The molecule has 0 aromatic heterocycles. The van der Waals surface area contributed by atoms with Crippen molar-refractivity contribution in [3.05, 3.63) is 66.7 Å². The molecule has 0 saturated heterocycles. The van der Waals surface area contributed by atoms with Gasteiger partial charge in [-0.3, -0.25) is 22.8 Å². The lowest BCUT2D eigenvalue weighted by Crippen LogP contribution is -2.17. The van der Waals surface area contributed by atoms with E-state index < -0.39 is 153 Å². The molecule has 0 unspecified atom stereocenters. The molecule has 0 aliphatic carbocycles. The quantitative estimate of drug-likeness (QED) is 0.0424. The number of azo groups is 2. The SMILES string of the molecule is Nc1ccc2c(O)c(N=Nc3ccc4cc(S(=O)(=O)CCOS(=O)(=O)O)ccc4c3S(=O)(=O)O)c(S(=O)(=O)O)cc2c1N=Nc1ccc(S(=O)(=O)CCS(=O)(=O)O)cc1S(=O)(=O)O. The average molecular weight is 1020 g/mol. The van der Waals surface area contributed by atoms with E-state index in [0.717, 1.165) is 54.6 Å². The molecule has 63 heavy (non-hydrogen) atoms. The number of hydrogen-bond donors (Lipinski definition) is 7. The van der Waals surface area contributed by atoms with Crippen molar-refractivity contribution in [2.75, 3.05) is 29.6 Å². The maximum atomic E-state index is 12.7. The summed E-state index contributed by atoms with van der Waals surface area (Å²) < 4.78 is 221. The summed E-state index contributed by atoms with van der Waals surface area (Å²) in [5, 5.41) is 24.7. The molecule has 0 atom stereocenters. The maximum Gasteiger partial charge on any atom is 0.397 e. The summed E-state index contributed by atoms with van der Waals surface area (Å²) >= 11 is 0. The van der Waals surface area contributed by atoms with Crippen molar-refractivity contribution in [1.29, 1.82) is 0 Å². The summed E-state index contributed by atoms with van der Waals surface area (Å²) in [6.45, 7) is -0.990. The Kier molecular flexibility index (Phi) is 13.2.